The first-order valence-corrected chi connectivity index (χ1v) is 7.44. The Kier molecular flexibility index (Phi) is 6.35. The second-order valence-electron chi connectivity index (χ2n) is 4.83. The molecule has 0 radical (unpaired) electrons. The van der Waals surface area contributed by atoms with Crippen LogP contribution in [0.4, 0.5) is 0 Å². The molecule has 23 heavy (non-hydrogen) atoms. The smallest absolute Gasteiger partial charge is 0.338 e. The molecule has 0 bridgehead atoms. The van der Waals surface area contributed by atoms with E-state index in [0.717, 1.165) is 0 Å². The van der Waals surface area contributed by atoms with Crippen LogP contribution in [-0.2, 0) is 23.7 Å². The zero-order valence-corrected chi connectivity index (χ0v) is 13.1. The van der Waals surface area contributed by atoms with Gasteiger partial charge in [-0.3, -0.25) is 4.79 Å². The molecule has 7 nitrogen and oxygen atoms in total. The van der Waals surface area contributed by atoms with E-state index in [9.17, 15) is 14.7 Å². The van der Waals surface area contributed by atoms with Gasteiger partial charge in [-0.15, -0.1) is 11.6 Å². The molecule has 126 valence electrons. The second-order valence-corrected chi connectivity index (χ2v) is 5.09. The van der Waals surface area contributed by atoms with Crippen molar-refractivity contribution >= 4 is 23.5 Å². The Labute approximate surface area is 138 Å². The molecular weight excluding hydrogens is 328 g/mol. The highest BCUT2D eigenvalue weighted by Gasteiger charge is 2.44. The number of alkyl halides is 1. The second kappa shape index (κ2) is 8.26. The minimum Gasteiger partial charge on any atom is -0.454 e. The van der Waals surface area contributed by atoms with E-state index in [0.29, 0.717) is 5.56 Å². The molecule has 0 amide bonds. The maximum atomic E-state index is 12.1. The summed E-state index contributed by atoms with van der Waals surface area (Å²) in [7, 11) is 1.34. The van der Waals surface area contributed by atoms with Crippen molar-refractivity contribution in [3.05, 3.63) is 35.9 Å². The normalized spacial score (nSPS) is 27.3. The monoisotopic (exact) mass is 344 g/mol. The molecule has 1 aromatic rings. The number of hydrogen-bond donors (Lipinski definition) is 1. The number of ether oxygens (including phenoxy) is 4. The molecule has 1 aromatic carbocycles. The van der Waals surface area contributed by atoms with Crippen molar-refractivity contribution in [3.63, 3.8) is 0 Å². The molecule has 0 spiro atoms. The number of halogens is 1. The third-order valence-electron chi connectivity index (χ3n) is 3.28. The molecule has 0 saturated carbocycles. The minimum atomic E-state index is -1.31. The van der Waals surface area contributed by atoms with E-state index in [1.54, 1.807) is 30.3 Å². The average molecular weight is 345 g/mol. The fraction of sp³-hybridized carbons (Fsp3) is 0.467. The standard InChI is InChI=1S/C15H17ClO7/c1-20-15-12(18)13(23-11(17)7-16)10(8-21-15)22-14(19)9-5-3-2-4-6-9/h2-6,10,12-13,15,18H,7-8H2,1H3/t10-,12-,13+,15-/m1/s1. The zero-order chi connectivity index (χ0) is 16.8. The van der Waals surface area contributed by atoms with E-state index < -0.39 is 36.5 Å². The summed E-state index contributed by atoms with van der Waals surface area (Å²) in [6.07, 6.45) is -4.41. The van der Waals surface area contributed by atoms with Crippen LogP contribution >= 0.6 is 11.6 Å². The predicted molar refractivity (Wildman–Crippen MR) is 79.0 cm³/mol. The lowest BCUT2D eigenvalue weighted by molar-refractivity contribution is -0.265. The fourth-order valence-corrected chi connectivity index (χ4v) is 2.24. The molecule has 1 saturated heterocycles. The molecule has 1 aliphatic heterocycles. The van der Waals surface area contributed by atoms with Crippen molar-refractivity contribution in [2.45, 2.75) is 24.6 Å². The average Bonchev–Trinajstić information content (AvgIpc) is 2.58. The quantitative estimate of drug-likeness (QED) is 0.621. The highest BCUT2D eigenvalue weighted by molar-refractivity contribution is 6.26. The van der Waals surface area contributed by atoms with Crippen molar-refractivity contribution in [1.82, 2.24) is 0 Å². The van der Waals surface area contributed by atoms with Gasteiger partial charge in [-0.1, -0.05) is 18.2 Å². The SMILES string of the molecule is CO[C@@H]1OC[C@@H](OC(=O)c2ccccc2)[C@H](OC(=O)CCl)[C@H]1O. The van der Waals surface area contributed by atoms with E-state index in [1.165, 1.54) is 7.11 Å². The summed E-state index contributed by atoms with van der Waals surface area (Å²) < 4.78 is 20.6. The Bertz CT molecular complexity index is 536. The summed E-state index contributed by atoms with van der Waals surface area (Å²) >= 11 is 5.41. The lowest BCUT2D eigenvalue weighted by Gasteiger charge is -2.38. The molecule has 1 fully saturated rings. The van der Waals surface area contributed by atoms with Gasteiger partial charge in [-0.2, -0.15) is 0 Å². The van der Waals surface area contributed by atoms with Crippen LogP contribution in [0.15, 0.2) is 30.3 Å². The first-order chi connectivity index (χ1) is 11.1. The van der Waals surface area contributed by atoms with Crippen LogP contribution in [0.1, 0.15) is 10.4 Å². The van der Waals surface area contributed by atoms with E-state index in [-0.39, 0.29) is 12.5 Å². The Morgan fingerprint density at radius 3 is 2.61 bits per heavy atom. The summed E-state index contributed by atoms with van der Waals surface area (Å²) in [5, 5.41) is 10.2. The van der Waals surface area contributed by atoms with E-state index in [2.05, 4.69) is 0 Å². The van der Waals surface area contributed by atoms with Crippen molar-refractivity contribution in [3.8, 4) is 0 Å². The molecule has 1 aliphatic rings. The number of carbonyl (C=O) groups excluding carboxylic acids is 2. The lowest BCUT2D eigenvalue weighted by Crippen LogP contribution is -2.56. The molecule has 0 aromatic heterocycles. The zero-order valence-electron chi connectivity index (χ0n) is 12.4. The Morgan fingerprint density at radius 1 is 1.30 bits per heavy atom. The summed E-state index contributed by atoms with van der Waals surface area (Å²) in [6.45, 7) is -0.0889. The van der Waals surface area contributed by atoms with E-state index in [4.69, 9.17) is 30.5 Å². The third kappa shape index (κ3) is 4.42. The Hall–Kier alpha value is -1.67. The van der Waals surface area contributed by atoms with Gasteiger partial charge < -0.3 is 24.1 Å². The molecule has 4 atom stereocenters. The van der Waals surface area contributed by atoms with Crippen LogP contribution in [0.3, 0.4) is 0 Å². The van der Waals surface area contributed by atoms with Crippen molar-refractivity contribution < 1.29 is 33.6 Å². The molecule has 0 aliphatic carbocycles. The van der Waals surface area contributed by atoms with Crippen LogP contribution in [-0.4, -0.2) is 61.2 Å². The van der Waals surface area contributed by atoms with Gasteiger partial charge in [-0.25, -0.2) is 4.79 Å². The van der Waals surface area contributed by atoms with Crippen molar-refractivity contribution in [2.75, 3.05) is 19.6 Å². The number of carbonyl (C=O) groups is 2. The van der Waals surface area contributed by atoms with Crippen LogP contribution < -0.4 is 0 Å². The van der Waals surface area contributed by atoms with Crippen molar-refractivity contribution in [2.24, 2.45) is 0 Å². The largest absolute Gasteiger partial charge is 0.454 e. The number of hydrogen-bond acceptors (Lipinski definition) is 7. The number of benzene rings is 1. The molecule has 0 unspecified atom stereocenters. The van der Waals surface area contributed by atoms with Crippen LogP contribution in [0.5, 0.6) is 0 Å². The highest BCUT2D eigenvalue weighted by Crippen LogP contribution is 2.22. The van der Waals surface area contributed by atoms with E-state index >= 15 is 0 Å². The maximum Gasteiger partial charge on any atom is 0.338 e. The summed E-state index contributed by atoms with van der Waals surface area (Å²) in [4.78, 5) is 23.5. The Morgan fingerprint density at radius 2 is 2.00 bits per heavy atom. The van der Waals surface area contributed by atoms with E-state index in [1.807, 2.05) is 0 Å². The van der Waals surface area contributed by atoms with Gasteiger partial charge in [0.25, 0.3) is 0 Å². The third-order valence-corrected chi connectivity index (χ3v) is 3.50. The lowest BCUT2D eigenvalue weighted by atomic mass is 10.0. The van der Waals surface area contributed by atoms with Crippen LogP contribution in [0, 0.1) is 0 Å². The van der Waals surface area contributed by atoms with Gasteiger partial charge in [0.15, 0.2) is 18.5 Å². The van der Waals surface area contributed by atoms with Gasteiger partial charge in [0, 0.05) is 7.11 Å². The van der Waals surface area contributed by atoms with Crippen molar-refractivity contribution in [1.29, 1.82) is 0 Å². The minimum absolute atomic E-state index is 0.0889. The van der Waals surface area contributed by atoms with Gasteiger partial charge in [-0.05, 0) is 12.1 Å². The highest BCUT2D eigenvalue weighted by atomic mass is 35.5. The maximum absolute atomic E-state index is 12.1. The Balaban J connectivity index is 2.10. The van der Waals surface area contributed by atoms with Crippen LogP contribution in [0.2, 0.25) is 0 Å². The summed E-state index contributed by atoms with van der Waals surface area (Å²) in [5.74, 6) is -1.75. The topological polar surface area (TPSA) is 91.3 Å². The van der Waals surface area contributed by atoms with Gasteiger partial charge in [0.1, 0.15) is 12.0 Å². The van der Waals surface area contributed by atoms with Gasteiger partial charge >= 0.3 is 11.9 Å². The molecule has 1 N–H and O–H groups in total. The van der Waals surface area contributed by atoms with Crippen LogP contribution in [0.25, 0.3) is 0 Å². The van der Waals surface area contributed by atoms with Gasteiger partial charge in [0.2, 0.25) is 0 Å². The molecule has 2 rings (SSSR count). The number of aliphatic hydroxyl groups excluding tert-OH is 1. The summed E-state index contributed by atoms with van der Waals surface area (Å²) in [6, 6.07) is 8.31. The number of esters is 2. The number of methoxy groups -OCH3 is 1. The predicted octanol–water partition coefficient (Wildman–Crippen LogP) is 0.726. The molecule has 1 heterocycles. The summed E-state index contributed by atoms with van der Waals surface area (Å²) in [5.41, 5.74) is 0.332. The number of aliphatic hydroxyl groups is 1. The van der Waals surface area contributed by atoms with Gasteiger partial charge in [0.05, 0.1) is 12.2 Å². The molecule has 8 heteroatoms. The first-order valence-electron chi connectivity index (χ1n) is 6.90. The number of rotatable bonds is 5. The molecular formula is C15H17ClO7. The first kappa shape index (κ1) is 17.7. The fourth-order valence-electron chi connectivity index (χ4n) is 2.18.